The Balaban J connectivity index is 1.56. The van der Waals surface area contributed by atoms with Gasteiger partial charge in [0.2, 0.25) is 5.91 Å². The zero-order chi connectivity index (χ0) is 27.5. The van der Waals surface area contributed by atoms with Gasteiger partial charge in [-0.05, 0) is 59.5 Å². The fourth-order valence-corrected chi connectivity index (χ4v) is 4.18. The number of carbonyl (C=O) groups is 2. The van der Waals surface area contributed by atoms with E-state index >= 15 is 0 Å². The largest absolute Gasteiger partial charge is 0.497 e. The van der Waals surface area contributed by atoms with Crippen molar-refractivity contribution in [2.75, 3.05) is 20.3 Å². The molecule has 6 nitrogen and oxygen atoms in total. The first-order valence-corrected chi connectivity index (χ1v) is 12.7. The third-order valence-corrected chi connectivity index (χ3v) is 6.24. The van der Waals surface area contributed by atoms with E-state index < -0.39 is 6.04 Å². The van der Waals surface area contributed by atoms with Gasteiger partial charge in [-0.15, -0.1) is 0 Å². The molecule has 4 rings (SSSR count). The number of hydrogen-bond acceptors (Lipinski definition) is 4. The number of methoxy groups -OCH3 is 1. The smallest absolute Gasteiger partial charge is 0.261 e. The summed E-state index contributed by atoms with van der Waals surface area (Å²) in [6, 6.07) is 30.8. The molecule has 0 heterocycles. The molecule has 0 aliphatic heterocycles. The van der Waals surface area contributed by atoms with Crippen molar-refractivity contribution >= 4 is 11.8 Å². The summed E-state index contributed by atoms with van der Waals surface area (Å²) >= 11 is 0. The molecule has 0 unspecified atom stereocenters. The molecule has 1 N–H and O–H groups in total. The van der Waals surface area contributed by atoms with Crippen LogP contribution in [0.2, 0.25) is 0 Å². The van der Waals surface area contributed by atoms with E-state index in [-0.39, 0.29) is 30.8 Å². The third-order valence-electron chi connectivity index (χ3n) is 6.24. The van der Waals surface area contributed by atoms with E-state index in [1.54, 1.807) is 31.4 Å². The van der Waals surface area contributed by atoms with Gasteiger partial charge in [0.25, 0.3) is 5.91 Å². The minimum atomic E-state index is -0.918. The van der Waals surface area contributed by atoms with E-state index in [2.05, 4.69) is 5.32 Å². The number of amides is 2. The Bertz CT molecular complexity index is 1330. The molecule has 4 aromatic carbocycles. The Hall–Kier alpha value is -4.65. The van der Waals surface area contributed by atoms with Crippen molar-refractivity contribution in [1.29, 1.82) is 0 Å². The lowest BCUT2D eigenvalue weighted by atomic mass is 10.0. The van der Waals surface area contributed by atoms with E-state index in [0.717, 1.165) is 11.3 Å². The fourth-order valence-electron chi connectivity index (χ4n) is 4.18. The summed E-state index contributed by atoms with van der Waals surface area (Å²) in [4.78, 5) is 28.8. The molecule has 39 heavy (non-hydrogen) atoms. The fraction of sp³-hybridized carbons (Fsp3) is 0.188. The number of benzene rings is 4. The van der Waals surface area contributed by atoms with Crippen LogP contribution in [0.25, 0.3) is 0 Å². The van der Waals surface area contributed by atoms with E-state index in [9.17, 15) is 14.0 Å². The SMILES string of the molecule is COc1ccc(CCNC(=O)[C@@H](c2ccccc2)N(Cc2ccc(F)cc2)C(=O)COc2ccccc2)cc1. The Morgan fingerprint density at radius 1 is 0.795 bits per heavy atom. The molecule has 0 aliphatic carbocycles. The number of nitrogens with zero attached hydrogens (tertiary/aromatic N) is 1. The van der Waals surface area contributed by atoms with Gasteiger partial charge in [-0.2, -0.15) is 0 Å². The highest BCUT2D eigenvalue weighted by Gasteiger charge is 2.31. The summed E-state index contributed by atoms with van der Waals surface area (Å²) in [7, 11) is 1.61. The molecule has 0 spiro atoms. The first-order valence-electron chi connectivity index (χ1n) is 12.7. The molecule has 0 bridgehead atoms. The molecule has 0 saturated carbocycles. The van der Waals surface area contributed by atoms with Gasteiger partial charge in [0, 0.05) is 13.1 Å². The van der Waals surface area contributed by atoms with Crippen molar-refractivity contribution in [2.24, 2.45) is 0 Å². The Labute approximate surface area is 228 Å². The van der Waals surface area contributed by atoms with Crippen LogP contribution in [-0.4, -0.2) is 37.0 Å². The summed E-state index contributed by atoms with van der Waals surface area (Å²) < 4.78 is 24.5. The molecular formula is C32H31FN2O4. The molecule has 0 aromatic heterocycles. The standard InChI is InChI=1S/C32H31FN2O4/c1-38-28-18-14-24(15-19-28)20-21-34-32(37)31(26-8-4-2-5-9-26)35(22-25-12-16-27(33)17-13-25)30(36)23-39-29-10-6-3-7-11-29/h2-19,31H,20-23H2,1H3,(H,34,37)/t31-/m1/s1. The number of carbonyl (C=O) groups excluding carboxylic acids is 2. The van der Waals surface area contributed by atoms with Crippen LogP contribution in [0.4, 0.5) is 4.39 Å². The Morgan fingerprint density at radius 2 is 1.41 bits per heavy atom. The minimum absolute atomic E-state index is 0.0999. The highest BCUT2D eigenvalue weighted by atomic mass is 19.1. The number of hydrogen-bond donors (Lipinski definition) is 1. The second kappa shape index (κ2) is 13.8. The van der Waals surface area contributed by atoms with Crippen LogP contribution in [0.15, 0.2) is 109 Å². The molecule has 1 atom stereocenters. The molecule has 2 amide bonds. The Morgan fingerprint density at radius 3 is 2.05 bits per heavy atom. The van der Waals surface area contributed by atoms with Crippen LogP contribution in [0, 0.1) is 5.82 Å². The van der Waals surface area contributed by atoms with Crippen molar-refractivity contribution in [3.8, 4) is 11.5 Å². The van der Waals surface area contributed by atoms with Crippen LogP contribution in [0.3, 0.4) is 0 Å². The zero-order valence-electron chi connectivity index (χ0n) is 21.8. The van der Waals surface area contributed by atoms with E-state index in [1.165, 1.54) is 17.0 Å². The van der Waals surface area contributed by atoms with Gasteiger partial charge in [0.1, 0.15) is 23.4 Å². The zero-order valence-corrected chi connectivity index (χ0v) is 21.8. The lowest BCUT2D eigenvalue weighted by Crippen LogP contribution is -2.45. The van der Waals surface area contributed by atoms with Crippen molar-refractivity contribution in [3.63, 3.8) is 0 Å². The highest BCUT2D eigenvalue weighted by molar-refractivity contribution is 5.89. The Kier molecular flexibility index (Phi) is 9.67. The minimum Gasteiger partial charge on any atom is -0.497 e. The predicted molar refractivity (Wildman–Crippen MR) is 148 cm³/mol. The molecule has 0 fully saturated rings. The van der Waals surface area contributed by atoms with Crippen molar-refractivity contribution in [3.05, 3.63) is 132 Å². The molecule has 200 valence electrons. The van der Waals surface area contributed by atoms with Gasteiger partial charge >= 0.3 is 0 Å². The third kappa shape index (κ3) is 7.92. The quantitative estimate of drug-likeness (QED) is 0.271. The number of rotatable bonds is 12. The number of para-hydroxylation sites is 1. The summed E-state index contributed by atoms with van der Waals surface area (Å²) in [6.07, 6.45) is 0.611. The summed E-state index contributed by atoms with van der Waals surface area (Å²) in [6.45, 7) is 0.226. The van der Waals surface area contributed by atoms with E-state index in [4.69, 9.17) is 9.47 Å². The van der Waals surface area contributed by atoms with Crippen LogP contribution in [-0.2, 0) is 22.6 Å². The van der Waals surface area contributed by atoms with Crippen molar-refractivity contribution < 1.29 is 23.5 Å². The average molecular weight is 527 g/mol. The molecule has 0 aliphatic rings. The monoisotopic (exact) mass is 526 g/mol. The second-order valence-corrected chi connectivity index (χ2v) is 8.95. The molecule has 0 saturated heterocycles. The number of nitrogens with one attached hydrogen (secondary N) is 1. The predicted octanol–water partition coefficient (Wildman–Crippen LogP) is 5.34. The second-order valence-electron chi connectivity index (χ2n) is 8.95. The first kappa shape index (κ1) is 27.4. The normalized spacial score (nSPS) is 11.3. The van der Waals surface area contributed by atoms with Crippen LogP contribution in [0.1, 0.15) is 22.7 Å². The van der Waals surface area contributed by atoms with E-state index in [0.29, 0.717) is 29.8 Å². The molecular weight excluding hydrogens is 495 g/mol. The van der Waals surface area contributed by atoms with Crippen LogP contribution in [0.5, 0.6) is 11.5 Å². The summed E-state index contributed by atoms with van der Waals surface area (Å²) in [5.41, 5.74) is 2.40. The molecule has 7 heteroatoms. The first-order chi connectivity index (χ1) is 19.0. The maximum absolute atomic E-state index is 13.7. The molecule has 0 radical (unpaired) electrons. The van der Waals surface area contributed by atoms with Gasteiger partial charge < -0.3 is 19.7 Å². The van der Waals surface area contributed by atoms with Crippen molar-refractivity contribution in [2.45, 2.75) is 19.0 Å². The maximum Gasteiger partial charge on any atom is 0.261 e. The van der Waals surface area contributed by atoms with Gasteiger partial charge in [-0.1, -0.05) is 72.8 Å². The van der Waals surface area contributed by atoms with E-state index in [1.807, 2.05) is 72.8 Å². The topological polar surface area (TPSA) is 67.9 Å². The highest BCUT2D eigenvalue weighted by Crippen LogP contribution is 2.25. The van der Waals surface area contributed by atoms with Gasteiger partial charge in [0.15, 0.2) is 6.61 Å². The van der Waals surface area contributed by atoms with Gasteiger partial charge in [-0.25, -0.2) is 4.39 Å². The van der Waals surface area contributed by atoms with Crippen LogP contribution < -0.4 is 14.8 Å². The van der Waals surface area contributed by atoms with Gasteiger partial charge in [0.05, 0.1) is 7.11 Å². The van der Waals surface area contributed by atoms with Gasteiger partial charge in [-0.3, -0.25) is 9.59 Å². The summed E-state index contributed by atoms with van der Waals surface area (Å²) in [5.74, 6) is 0.250. The lowest BCUT2D eigenvalue weighted by molar-refractivity contribution is -0.143. The molecule has 4 aromatic rings. The van der Waals surface area contributed by atoms with Crippen LogP contribution >= 0.6 is 0 Å². The van der Waals surface area contributed by atoms with Crippen molar-refractivity contribution in [1.82, 2.24) is 10.2 Å². The number of ether oxygens (including phenoxy) is 2. The lowest BCUT2D eigenvalue weighted by Gasteiger charge is -2.31. The average Bonchev–Trinajstić information content (AvgIpc) is 2.98. The maximum atomic E-state index is 13.7. The number of halogens is 1. The summed E-state index contributed by atoms with van der Waals surface area (Å²) in [5, 5.41) is 3.00.